The lowest BCUT2D eigenvalue weighted by molar-refractivity contribution is -0.133. The molecule has 1 amide bonds. The number of piperidine rings is 1. The Hall–Kier alpha value is -2.15. The van der Waals surface area contributed by atoms with Gasteiger partial charge >= 0.3 is 0 Å². The molecule has 0 spiro atoms. The van der Waals surface area contributed by atoms with Crippen molar-refractivity contribution < 1.29 is 9.59 Å². The highest BCUT2D eigenvalue weighted by molar-refractivity contribution is 6.09. The lowest BCUT2D eigenvalue weighted by atomic mass is 9.90. The molecule has 1 aliphatic rings. The van der Waals surface area contributed by atoms with Crippen molar-refractivity contribution in [3.05, 3.63) is 29.8 Å². The number of anilines is 1. The van der Waals surface area contributed by atoms with Crippen molar-refractivity contribution in [2.45, 2.75) is 32.6 Å². The van der Waals surface area contributed by atoms with E-state index in [4.69, 9.17) is 5.26 Å². The van der Waals surface area contributed by atoms with Crippen molar-refractivity contribution in [3.8, 4) is 6.07 Å². The Kier molecular flexibility index (Phi) is 4.52. The molecule has 2 rings (SSSR count). The number of nitrogens with zero attached hydrogens (tertiary/aromatic N) is 2. The molecule has 1 heterocycles. The summed E-state index contributed by atoms with van der Waals surface area (Å²) in [5.74, 6) is -1.05. The molecule has 4 nitrogen and oxygen atoms in total. The van der Waals surface area contributed by atoms with Crippen molar-refractivity contribution in [2.75, 3.05) is 11.4 Å². The Morgan fingerprint density at radius 2 is 2.20 bits per heavy atom. The van der Waals surface area contributed by atoms with Gasteiger partial charge in [-0.25, -0.2) is 0 Å². The van der Waals surface area contributed by atoms with Gasteiger partial charge in [-0.05, 0) is 30.9 Å². The largest absolute Gasteiger partial charge is 0.312 e. The number of nitriles is 1. The van der Waals surface area contributed by atoms with Crippen molar-refractivity contribution in [1.82, 2.24) is 0 Å². The van der Waals surface area contributed by atoms with Crippen molar-refractivity contribution >= 4 is 17.4 Å². The minimum absolute atomic E-state index is 0.155. The fourth-order valence-corrected chi connectivity index (χ4v) is 2.69. The molecule has 0 aliphatic carbocycles. The number of para-hydroxylation sites is 1. The maximum atomic E-state index is 12.5. The zero-order valence-electron chi connectivity index (χ0n) is 11.6. The average molecular weight is 270 g/mol. The fraction of sp³-hybridized carbons (Fsp3) is 0.438. The minimum atomic E-state index is -0.645. The number of aryl methyl sites for hydroxylation is 1. The molecule has 1 aromatic rings. The number of Topliss-reactive ketones (excluding diaryl/α,β-unsaturated/α-hetero) is 1. The highest BCUT2D eigenvalue weighted by Crippen LogP contribution is 2.28. The van der Waals surface area contributed by atoms with Gasteiger partial charge < -0.3 is 4.90 Å². The minimum Gasteiger partial charge on any atom is -0.312 e. The molecule has 1 aromatic carbocycles. The summed E-state index contributed by atoms with van der Waals surface area (Å²) in [5.41, 5.74) is 2.00. The molecule has 0 bridgehead atoms. The van der Waals surface area contributed by atoms with Crippen LogP contribution in [0.2, 0.25) is 0 Å². The summed E-state index contributed by atoms with van der Waals surface area (Å²) in [4.78, 5) is 26.1. The van der Waals surface area contributed by atoms with Crippen LogP contribution in [-0.4, -0.2) is 18.2 Å². The summed E-state index contributed by atoms with van der Waals surface area (Å²) >= 11 is 0. The van der Waals surface area contributed by atoms with E-state index >= 15 is 0 Å². The van der Waals surface area contributed by atoms with E-state index in [1.165, 1.54) is 0 Å². The Bertz CT molecular complexity index is 560. The van der Waals surface area contributed by atoms with E-state index in [9.17, 15) is 9.59 Å². The maximum absolute atomic E-state index is 12.5. The molecule has 0 aromatic heterocycles. The van der Waals surface area contributed by atoms with Crippen LogP contribution in [0.4, 0.5) is 5.69 Å². The number of hydrogen-bond donors (Lipinski definition) is 0. The molecule has 1 saturated heterocycles. The zero-order valence-corrected chi connectivity index (χ0v) is 11.6. The smallest absolute Gasteiger partial charge is 0.237 e. The van der Waals surface area contributed by atoms with E-state index in [0.717, 1.165) is 24.1 Å². The molecule has 0 N–H and O–H groups in total. The number of ketones is 1. The second kappa shape index (κ2) is 6.33. The molecule has 20 heavy (non-hydrogen) atoms. The molecule has 0 saturated carbocycles. The summed E-state index contributed by atoms with van der Waals surface area (Å²) in [5, 5.41) is 8.62. The number of amides is 1. The highest BCUT2D eigenvalue weighted by atomic mass is 16.2. The van der Waals surface area contributed by atoms with Gasteiger partial charge in [-0.3, -0.25) is 9.59 Å². The van der Waals surface area contributed by atoms with E-state index in [1.807, 2.05) is 37.3 Å². The SMILES string of the molecule is CCc1ccccc1N1CCCC(C(=O)CC#N)C1=O. The van der Waals surface area contributed by atoms with E-state index in [1.54, 1.807) is 4.90 Å². The topological polar surface area (TPSA) is 61.2 Å². The summed E-state index contributed by atoms with van der Waals surface area (Å²) in [6, 6.07) is 9.63. The van der Waals surface area contributed by atoms with Crippen molar-refractivity contribution in [2.24, 2.45) is 5.92 Å². The Morgan fingerprint density at radius 1 is 1.45 bits per heavy atom. The quantitative estimate of drug-likeness (QED) is 0.790. The van der Waals surface area contributed by atoms with Crippen LogP contribution in [0.3, 0.4) is 0 Å². The zero-order chi connectivity index (χ0) is 14.5. The summed E-state index contributed by atoms with van der Waals surface area (Å²) < 4.78 is 0. The first-order valence-corrected chi connectivity index (χ1v) is 6.98. The molecule has 4 heteroatoms. The first-order chi connectivity index (χ1) is 9.69. The van der Waals surface area contributed by atoms with Gasteiger partial charge in [0.2, 0.25) is 5.91 Å². The number of benzene rings is 1. The lowest BCUT2D eigenvalue weighted by Crippen LogP contribution is -2.44. The van der Waals surface area contributed by atoms with E-state index in [0.29, 0.717) is 13.0 Å². The molecule has 104 valence electrons. The molecule has 1 unspecified atom stereocenters. The maximum Gasteiger partial charge on any atom is 0.237 e. The summed E-state index contributed by atoms with van der Waals surface area (Å²) in [6.07, 6.45) is 2.02. The number of rotatable bonds is 4. The van der Waals surface area contributed by atoms with Crippen LogP contribution in [0.15, 0.2) is 24.3 Å². The average Bonchev–Trinajstić information content (AvgIpc) is 2.47. The number of hydrogen-bond acceptors (Lipinski definition) is 3. The van der Waals surface area contributed by atoms with E-state index in [2.05, 4.69) is 0 Å². The molecule has 0 radical (unpaired) electrons. The van der Waals surface area contributed by atoms with Crippen LogP contribution in [0, 0.1) is 17.2 Å². The van der Waals surface area contributed by atoms with Crippen LogP contribution < -0.4 is 4.90 Å². The first kappa shape index (κ1) is 14.3. The van der Waals surface area contributed by atoms with Crippen LogP contribution >= 0.6 is 0 Å². The van der Waals surface area contributed by atoms with Gasteiger partial charge in [0.15, 0.2) is 5.78 Å². The van der Waals surface area contributed by atoms with Gasteiger partial charge in [-0.15, -0.1) is 0 Å². The third kappa shape index (κ3) is 2.72. The first-order valence-electron chi connectivity index (χ1n) is 6.98. The Morgan fingerprint density at radius 3 is 2.90 bits per heavy atom. The summed E-state index contributed by atoms with van der Waals surface area (Å²) in [7, 11) is 0. The van der Waals surface area contributed by atoms with Gasteiger partial charge in [0.25, 0.3) is 0 Å². The van der Waals surface area contributed by atoms with Crippen LogP contribution in [0.5, 0.6) is 0 Å². The standard InChI is InChI=1S/C16H18N2O2/c1-2-12-6-3-4-8-14(12)18-11-5-7-13(16(18)20)15(19)9-10-17/h3-4,6,8,13H,2,5,7,9,11H2,1H3. The van der Waals surface area contributed by atoms with E-state index in [-0.39, 0.29) is 18.1 Å². The molecule has 1 aliphatic heterocycles. The van der Waals surface area contributed by atoms with Crippen LogP contribution in [-0.2, 0) is 16.0 Å². The van der Waals surface area contributed by atoms with Gasteiger partial charge in [-0.2, -0.15) is 5.26 Å². The van der Waals surface area contributed by atoms with E-state index < -0.39 is 5.92 Å². The fourth-order valence-electron chi connectivity index (χ4n) is 2.69. The van der Waals surface area contributed by atoms with Gasteiger partial charge in [0, 0.05) is 12.2 Å². The predicted molar refractivity (Wildman–Crippen MR) is 76.1 cm³/mol. The van der Waals surface area contributed by atoms with Crippen LogP contribution in [0.1, 0.15) is 31.7 Å². The second-order valence-corrected chi connectivity index (χ2v) is 4.97. The van der Waals surface area contributed by atoms with Gasteiger partial charge in [0.05, 0.1) is 18.4 Å². The van der Waals surface area contributed by atoms with Crippen LogP contribution in [0.25, 0.3) is 0 Å². The Balaban J connectivity index is 2.27. The third-order valence-corrected chi connectivity index (χ3v) is 3.74. The predicted octanol–water partition coefficient (Wildman–Crippen LogP) is 2.47. The van der Waals surface area contributed by atoms with Crippen molar-refractivity contribution in [3.63, 3.8) is 0 Å². The number of carbonyl (C=O) groups excluding carboxylic acids is 2. The molecular weight excluding hydrogens is 252 g/mol. The normalized spacial score (nSPS) is 18.7. The monoisotopic (exact) mass is 270 g/mol. The third-order valence-electron chi connectivity index (χ3n) is 3.74. The van der Waals surface area contributed by atoms with Gasteiger partial charge in [-0.1, -0.05) is 25.1 Å². The molecule has 1 atom stereocenters. The lowest BCUT2D eigenvalue weighted by Gasteiger charge is -2.32. The molecular formula is C16H18N2O2. The number of carbonyl (C=O) groups is 2. The van der Waals surface area contributed by atoms with Gasteiger partial charge in [0.1, 0.15) is 0 Å². The highest BCUT2D eigenvalue weighted by Gasteiger charge is 2.34. The van der Waals surface area contributed by atoms with Crippen molar-refractivity contribution in [1.29, 1.82) is 5.26 Å². The Labute approximate surface area is 119 Å². The second-order valence-electron chi connectivity index (χ2n) is 4.97. The summed E-state index contributed by atoms with van der Waals surface area (Å²) in [6.45, 7) is 2.69. The molecule has 1 fully saturated rings.